The second kappa shape index (κ2) is 4.48. The molecule has 2 atom stereocenters. The Kier molecular flexibility index (Phi) is 2.95. The molecule has 0 spiro atoms. The molecule has 1 aromatic carbocycles. The second-order valence-corrected chi connectivity index (χ2v) is 5.90. The molecule has 2 heteroatoms. The van der Waals surface area contributed by atoms with Gasteiger partial charge in [-0.25, -0.2) is 0 Å². The molecule has 1 heterocycles. The summed E-state index contributed by atoms with van der Waals surface area (Å²) < 4.78 is 0. The molecular formula is C16H18NP. The number of nitrogens with zero attached hydrogens (tertiary/aromatic N) is 1. The second-order valence-electron chi connectivity index (χ2n) is 5.24. The Morgan fingerprint density at radius 3 is 2.78 bits per heavy atom. The first kappa shape index (κ1) is 11.9. The summed E-state index contributed by atoms with van der Waals surface area (Å²) >= 11 is 0. The molecule has 92 valence electrons. The Bertz CT molecular complexity index is 551. The molecule has 1 aromatic heterocycles. The van der Waals surface area contributed by atoms with Crippen molar-refractivity contribution in [1.82, 2.24) is 4.98 Å². The van der Waals surface area contributed by atoms with Crippen LogP contribution in [0, 0.1) is 6.92 Å². The minimum absolute atomic E-state index is 0.406. The zero-order valence-corrected chi connectivity index (χ0v) is 12.1. The number of hydrogen-bond acceptors (Lipinski definition) is 1. The highest BCUT2D eigenvalue weighted by Gasteiger charge is 2.21. The summed E-state index contributed by atoms with van der Waals surface area (Å²) in [5.41, 5.74) is 6.95. The number of aryl methyl sites for hydroxylation is 3. The van der Waals surface area contributed by atoms with E-state index in [1.54, 1.807) is 0 Å². The molecule has 0 radical (unpaired) electrons. The maximum Gasteiger partial charge on any atom is 0.0508 e. The summed E-state index contributed by atoms with van der Waals surface area (Å²) in [6, 6.07) is 9.09. The lowest BCUT2D eigenvalue weighted by atomic mass is 9.92. The number of benzene rings is 1. The molecule has 0 fully saturated rings. The van der Waals surface area contributed by atoms with Gasteiger partial charge in [-0.1, -0.05) is 30.7 Å². The fourth-order valence-corrected chi connectivity index (χ4v) is 3.20. The first-order valence-corrected chi connectivity index (χ1v) is 7.06. The van der Waals surface area contributed by atoms with Crippen molar-refractivity contribution >= 4 is 14.5 Å². The van der Waals surface area contributed by atoms with Gasteiger partial charge in [0, 0.05) is 12.1 Å². The monoisotopic (exact) mass is 255 g/mol. The number of aromatic nitrogens is 1. The zero-order valence-electron chi connectivity index (χ0n) is 10.9. The molecule has 0 N–H and O–H groups in total. The molecule has 2 aromatic rings. The molecule has 3 rings (SSSR count). The van der Waals surface area contributed by atoms with Crippen LogP contribution in [0.5, 0.6) is 0 Å². The van der Waals surface area contributed by atoms with Gasteiger partial charge in [-0.05, 0) is 47.8 Å². The lowest BCUT2D eigenvalue weighted by Crippen LogP contribution is -2.06. The lowest BCUT2D eigenvalue weighted by molar-refractivity contribution is 0.862. The summed E-state index contributed by atoms with van der Waals surface area (Å²) in [6.45, 7) is 4.44. The maximum absolute atomic E-state index is 4.66. The van der Waals surface area contributed by atoms with Crippen LogP contribution in [0.3, 0.4) is 0 Å². The van der Waals surface area contributed by atoms with E-state index in [0.29, 0.717) is 5.92 Å². The minimum Gasteiger partial charge on any atom is -0.260 e. The molecule has 0 saturated heterocycles. The summed E-state index contributed by atoms with van der Waals surface area (Å²) in [6.07, 6.45) is 4.19. The van der Waals surface area contributed by atoms with E-state index in [2.05, 4.69) is 52.3 Å². The quantitative estimate of drug-likeness (QED) is 0.659. The van der Waals surface area contributed by atoms with Gasteiger partial charge in [0.25, 0.3) is 0 Å². The Labute approximate surface area is 111 Å². The molecule has 0 amide bonds. The Morgan fingerprint density at radius 1 is 1.17 bits per heavy atom. The zero-order chi connectivity index (χ0) is 12.7. The van der Waals surface area contributed by atoms with E-state index in [9.17, 15) is 0 Å². The molecular weight excluding hydrogens is 237 g/mol. The van der Waals surface area contributed by atoms with Gasteiger partial charge in [0.1, 0.15) is 0 Å². The van der Waals surface area contributed by atoms with Gasteiger partial charge >= 0.3 is 0 Å². The van der Waals surface area contributed by atoms with Crippen LogP contribution in [0.2, 0.25) is 0 Å². The van der Waals surface area contributed by atoms with Crippen molar-refractivity contribution in [2.75, 3.05) is 0 Å². The van der Waals surface area contributed by atoms with Crippen molar-refractivity contribution in [3.8, 4) is 0 Å². The first-order chi connectivity index (χ1) is 8.65. The molecule has 0 bridgehead atoms. The molecule has 1 nitrogen and oxygen atoms in total. The number of rotatable bonds is 0. The third-order valence-electron chi connectivity index (χ3n) is 3.86. The summed E-state index contributed by atoms with van der Waals surface area (Å²) in [5, 5.41) is 1.18. The normalized spacial score (nSPS) is 17.8. The fraction of sp³-hybridized carbons (Fsp3) is 0.312. The third kappa shape index (κ3) is 1.97. The highest BCUT2D eigenvalue weighted by atomic mass is 31.0. The lowest BCUT2D eigenvalue weighted by Gasteiger charge is -2.15. The maximum atomic E-state index is 4.66. The van der Waals surface area contributed by atoms with Crippen LogP contribution in [0.1, 0.15) is 40.8 Å². The van der Waals surface area contributed by atoms with E-state index in [1.165, 1.54) is 33.3 Å². The Morgan fingerprint density at radius 2 is 1.94 bits per heavy atom. The van der Waals surface area contributed by atoms with Crippen molar-refractivity contribution in [3.63, 3.8) is 0 Å². The van der Waals surface area contributed by atoms with Crippen LogP contribution in [0.15, 0.2) is 30.5 Å². The molecule has 0 saturated carbocycles. The Balaban J connectivity index is 2.15. The highest BCUT2D eigenvalue weighted by molar-refractivity contribution is 7.27. The average Bonchev–Trinajstić information content (AvgIpc) is 2.47. The number of fused-ring (bicyclic) bond motifs is 2. The molecule has 18 heavy (non-hydrogen) atoms. The third-order valence-corrected chi connectivity index (χ3v) is 4.18. The van der Waals surface area contributed by atoms with Gasteiger partial charge in [-0.15, -0.1) is 9.24 Å². The van der Waals surface area contributed by atoms with Gasteiger partial charge in [-0.3, -0.25) is 4.98 Å². The van der Waals surface area contributed by atoms with Crippen LogP contribution < -0.4 is 5.30 Å². The van der Waals surface area contributed by atoms with E-state index in [-0.39, 0.29) is 0 Å². The van der Waals surface area contributed by atoms with Gasteiger partial charge in [-0.2, -0.15) is 0 Å². The summed E-state index contributed by atoms with van der Waals surface area (Å²) in [7, 11) is 2.75. The van der Waals surface area contributed by atoms with Gasteiger partial charge < -0.3 is 0 Å². The van der Waals surface area contributed by atoms with Crippen molar-refractivity contribution in [1.29, 1.82) is 0 Å². The molecule has 0 aliphatic heterocycles. The Hall–Kier alpha value is -1.20. The van der Waals surface area contributed by atoms with E-state index >= 15 is 0 Å². The van der Waals surface area contributed by atoms with Gasteiger partial charge in [0.15, 0.2) is 0 Å². The molecule has 1 aliphatic carbocycles. The van der Waals surface area contributed by atoms with Crippen LogP contribution in [0.25, 0.3) is 0 Å². The van der Waals surface area contributed by atoms with E-state index < -0.39 is 0 Å². The van der Waals surface area contributed by atoms with Gasteiger partial charge in [0.05, 0.1) is 5.69 Å². The van der Waals surface area contributed by atoms with Crippen LogP contribution >= 0.6 is 9.24 Å². The van der Waals surface area contributed by atoms with Crippen molar-refractivity contribution in [2.45, 2.75) is 32.6 Å². The predicted molar refractivity (Wildman–Crippen MR) is 79.7 cm³/mol. The molecule has 2 unspecified atom stereocenters. The van der Waals surface area contributed by atoms with Crippen molar-refractivity contribution < 1.29 is 0 Å². The minimum atomic E-state index is 0.406. The highest BCUT2D eigenvalue weighted by Crippen LogP contribution is 2.32. The van der Waals surface area contributed by atoms with Crippen LogP contribution in [-0.2, 0) is 12.8 Å². The van der Waals surface area contributed by atoms with Crippen molar-refractivity contribution in [3.05, 3.63) is 58.4 Å². The number of hydrogen-bond donors (Lipinski definition) is 0. The van der Waals surface area contributed by atoms with Gasteiger partial charge in [0.2, 0.25) is 0 Å². The SMILES string of the molecule is Cc1ccc2c(c1)CCc1cc(P)cnc1C2C. The first-order valence-electron chi connectivity index (χ1n) is 6.49. The largest absolute Gasteiger partial charge is 0.260 e. The standard InChI is InChI=1S/C16H18NP/c1-10-3-6-15-11(2)16-13(5-4-12(15)7-10)8-14(18)9-17-16/h3,6-9,11H,4-5,18H2,1-2H3. The smallest absolute Gasteiger partial charge is 0.0508 e. The van der Waals surface area contributed by atoms with Crippen LogP contribution in [-0.4, -0.2) is 4.98 Å². The van der Waals surface area contributed by atoms with E-state index in [1.807, 2.05) is 6.20 Å². The van der Waals surface area contributed by atoms with E-state index in [0.717, 1.165) is 12.8 Å². The number of pyridine rings is 1. The van der Waals surface area contributed by atoms with Crippen LogP contribution in [0.4, 0.5) is 0 Å². The summed E-state index contributed by atoms with van der Waals surface area (Å²) in [5.74, 6) is 0.406. The topological polar surface area (TPSA) is 12.9 Å². The summed E-state index contributed by atoms with van der Waals surface area (Å²) in [4.78, 5) is 4.66. The van der Waals surface area contributed by atoms with Crippen molar-refractivity contribution in [2.24, 2.45) is 0 Å². The van der Waals surface area contributed by atoms with E-state index in [4.69, 9.17) is 0 Å². The molecule has 1 aliphatic rings. The average molecular weight is 255 g/mol. The predicted octanol–water partition coefficient (Wildman–Crippen LogP) is 3.14. The fourth-order valence-electron chi connectivity index (χ4n) is 2.92.